The number of hydrogen-bond acceptors (Lipinski definition) is 5. The quantitative estimate of drug-likeness (QED) is 0.622. The Bertz CT molecular complexity index is 627. The number of aliphatic carboxylic acids is 1. The summed E-state index contributed by atoms with van der Waals surface area (Å²) in [4.78, 5) is 14.9. The van der Waals surface area contributed by atoms with Gasteiger partial charge >= 0.3 is 5.97 Å². The number of carboxylic acids is 1. The summed E-state index contributed by atoms with van der Waals surface area (Å²) in [6.45, 7) is 3.23. The fourth-order valence-electron chi connectivity index (χ4n) is 2.20. The minimum absolute atomic E-state index is 0.177. The monoisotopic (exact) mass is 349 g/mol. The number of thioether (sulfide) groups is 1. The minimum atomic E-state index is -0.755. The van der Waals surface area contributed by atoms with Gasteiger partial charge in [0.1, 0.15) is 5.76 Å². The van der Waals surface area contributed by atoms with Crippen molar-refractivity contribution in [1.29, 1.82) is 0 Å². The lowest BCUT2D eigenvalue weighted by atomic mass is 10.2. The van der Waals surface area contributed by atoms with E-state index in [9.17, 15) is 4.79 Å². The van der Waals surface area contributed by atoms with Crippen LogP contribution in [0.25, 0.3) is 11.5 Å². The minimum Gasteiger partial charge on any atom is -0.481 e. The van der Waals surface area contributed by atoms with Gasteiger partial charge in [0.05, 0.1) is 18.1 Å². The molecular formula is C18H23NO4S. The molecule has 0 saturated heterocycles. The summed E-state index contributed by atoms with van der Waals surface area (Å²) in [5, 5.41) is 8.53. The van der Waals surface area contributed by atoms with E-state index in [1.165, 1.54) is 11.8 Å². The molecule has 0 bridgehead atoms. The zero-order chi connectivity index (χ0) is 17.2. The summed E-state index contributed by atoms with van der Waals surface area (Å²) >= 11 is 1.45. The highest BCUT2D eigenvalue weighted by Gasteiger charge is 2.10. The Balaban J connectivity index is 1.63. The predicted octanol–water partition coefficient (Wildman–Crippen LogP) is 3.81. The zero-order valence-corrected chi connectivity index (χ0v) is 14.7. The Morgan fingerprint density at radius 2 is 2.04 bits per heavy atom. The standard InChI is InChI=1S/C18H23NO4S/c1-14-16(19-18(23-14)15-7-3-2-4-8-15)9-11-22-10-5-6-12-24-13-17(20)21/h2-4,7-8H,5-6,9-13H2,1H3,(H,20,21). The Hall–Kier alpha value is -1.79. The SMILES string of the molecule is Cc1oc(-c2ccccc2)nc1CCOCCCCSCC(=O)O. The van der Waals surface area contributed by atoms with E-state index in [-0.39, 0.29) is 5.75 Å². The highest BCUT2D eigenvalue weighted by Crippen LogP contribution is 2.21. The summed E-state index contributed by atoms with van der Waals surface area (Å²) in [7, 11) is 0. The molecule has 0 fully saturated rings. The van der Waals surface area contributed by atoms with Gasteiger partial charge in [0, 0.05) is 18.6 Å². The van der Waals surface area contributed by atoms with Crippen LogP contribution in [0.3, 0.4) is 0 Å². The number of unbranched alkanes of at least 4 members (excludes halogenated alkanes) is 1. The van der Waals surface area contributed by atoms with Gasteiger partial charge in [-0.05, 0) is 37.7 Å². The average molecular weight is 349 g/mol. The van der Waals surface area contributed by atoms with Crippen molar-refractivity contribution >= 4 is 17.7 Å². The van der Waals surface area contributed by atoms with Crippen LogP contribution in [0.2, 0.25) is 0 Å². The molecule has 6 heteroatoms. The normalized spacial score (nSPS) is 10.9. The van der Waals surface area contributed by atoms with Crippen molar-refractivity contribution in [2.24, 2.45) is 0 Å². The van der Waals surface area contributed by atoms with Crippen molar-refractivity contribution in [3.63, 3.8) is 0 Å². The molecule has 0 aliphatic rings. The maximum atomic E-state index is 10.4. The Kier molecular flexibility index (Phi) is 7.85. The fraction of sp³-hybridized carbons (Fsp3) is 0.444. The second kappa shape index (κ2) is 10.2. The molecule has 0 unspecified atom stereocenters. The van der Waals surface area contributed by atoms with Gasteiger partial charge in [-0.25, -0.2) is 4.98 Å². The van der Waals surface area contributed by atoms with Gasteiger partial charge in [-0.15, -0.1) is 0 Å². The van der Waals surface area contributed by atoms with Crippen molar-refractivity contribution in [1.82, 2.24) is 4.98 Å². The molecule has 2 rings (SSSR count). The molecule has 1 N–H and O–H groups in total. The van der Waals surface area contributed by atoms with Gasteiger partial charge in [0.2, 0.25) is 5.89 Å². The molecule has 0 aliphatic carbocycles. The topological polar surface area (TPSA) is 72.6 Å². The molecule has 1 heterocycles. The molecule has 24 heavy (non-hydrogen) atoms. The van der Waals surface area contributed by atoms with Crippen LogP contribution >= 0.6 is 11.8 Å². The Morgan fingerprint density at radius 1 is 1.25 bits per heavy atom. The number of ether oxygens (including phenoxy) is 1. The Labute approximate surface area is 146 Å². The van der Waals surface area contributed by atoms with Gasteiger partial charge in [-0.1, -0.05) is 18.2 Å². The summed E-state index contributed by atoms with van der Waals surface area (Å²) in [6.07, 6.45) is 2.65. The zero-order valence-electron chi connectivity index (χ0n) is 13.9. The maximum absolute atomic E-state index is 10.4. The largest absolute Gasteiger partial charge is 0.481 e. The van der Waals surface area contributed by atoms with Crippen LogP contribution in [0.1, 0.15) is 24.3 Å². The van der Waals surface area contributed by atoms with Crippen LogP contribution in [0.15, 0.2) is 34.7 Å². The molecule has 1 aromatic carbocycles. The molecular weight excluding hydrogens is 326 g/mol. The molecule has 0 radical (unpaired) electrons. The summed E-state index contributed by atoms with van der Waals surface area (Å²) < 4.78 is 11.4. The molecule has 0 aliphatic heterocycles. The van der Waals surface area contributed by atoms with Crippen LogP contribution in [-0.2, 0) is 16.0 Å². The van der Waals surface area contributed by atoms with Crippen molar-refractivity contribution in [2.75, 3.05) is 24.7 Å². The van der Waals surface area contributed by atoms with Crippen LogP contribution in [0.5, 0.6) is 0 Å². The first-order chi connectivity index (χ1) is 11.7. The Morgan fingerprint density at radius 3 is 2.79 bits per heavy atom. The third kappa shape index (κ3) is 6.37. The van der Waals surface area contributed by atoms with Gasteiger partial charge in [-0.3, -0.25) is 4.79 Å². The molecule has 0 amide bonds. The fourth-order valence-corrected chi connectivity index (χ4v) is 2.93. The third-order valence-corrected chi connectivity index (χ3v) is 4.48. The summed E-state index contributed by atoms with van der Waals surface area (Å²) in [5.41, 5.74) is 1.91. The highest BCUT2D eigenvalue weighted by molar-refractivity contribution is 7.99. The van der Waals surface area contributed by atoms with Crippen LogP contribution in [0, 0.1) is 6.92 Å². The van der Waals surface area contributed by atoms with Gasteiger partial charge < -0.3 is 14.3 Å². The van der Waals surface area contributed by atoms with E-state index < -0.39 is 5.97 Å². The molecule has 0 saturated carbocycles. The summed E-state index contributed by atoms with van der Waals surface area (Å²) in [5.74, 6) is 1.77. The first kappa shape index (κ1) is 18.5. The molecule has 5 nitrogen and oxygen atoms in total. The lowest BCUT2D eigenvalue weighted by molar-refractivity contribution is -0.133. The van der Waals surface area contributed by atoms with Crippen molar-refractivity contribution in [2.45, 2.75) is 26.2 Å². The van der Waals surface area contributed by atoms with E-state index in [4.69, 9.17) is 14.3 Å². The van der Waals surface area contributed by atoms with Crippen LogP contribution in [0.4, 0.5) is 0 Å². The number of rotatable bonds is 11. The van der Waals surface area contributed by atoms with E-state index in [2.05, 4.69) is 4.98 Å². The number of oxazole rings is 1. The second-order valence-corrected chi connectivity index (χ2v) is 6.51. The van der Waals surface area contributed by atoms with E-state index >= 15 is 0 Å². The number of benzene rings is 1. The molecule has 0 atom stereocenters. The lowest BCUT2D eigenvalue weighted by Gasteiger charge is -2.03. The predicted molar refractivity (Wildman–Crippen MR) is 95.4 cm³/mol. The number of nitrogens with zero attached hydrogens (tertiary/aromatic N) is 1. The molecule has 130 valence electrons. The second-order valence-electron chi connectivity index (χ2n) is 5.40. The number of aryl methyl sites for hydroxylation is 1. The smallest absolute Gasteiger partial charge is 0.313 e. The van der Waals surface area contributed by atoms with E-state index in [0.717, 1.165) is 42.0 Å². The first-order valence-electron chi connectivity index (χ1n) is 8.06. The molecule has 0 spiro atoms. The molecule has 2 aromatic rings. The summed E-state index contributed by atoms with van der Waals surface area (Å²) in [6, 6.07) is 9.86. The van der Waals surface area contributed by atoms with E-state index in [1.54, 1.807) is 0 Å². The van der Waals surface area contributed by atoms with Crippen molar-refractivity contribution < 1.29 is 19.1 Å². The average Bonchev–Trinajstić information content (AvgIpc) is 2.95. The van der Waals surface area contributed by atoms with Gasteiger partial charge in [-0.2, -0.15) is 11.8 Å². The van der Waals surface area contributed by atoms with Crippen LogP contribution in [-0.4, -0.2) is 40.8 Å². The van der Waals surface area contributed by atoms with Gasteiger partial charge in [0.25, 0.3) is 0 Å². The lowest BCUT2D eigenvalue weighted by Crippen LogP contribution is -2.03. The maximum Gasteiger partial charge on any atom is 0.313 e. The highest BCUT2D eigenvalue weighted by atomic mass is 32.2. The van der Waals surface area contributed by atoms with E-state index in [1.807, 2.05) is 37.3 Å². The number of aromatic nitrogens is 1. The van der Waals surface area contributed by atoms with Crippen molar-refractivity contribution in [3.05, 3.63) is 41.8 Å². The number of carboxylic acid groups (broad SMARTS) is 1. The third-order valence-electron chi connectivity index (χ3n) is 3.45. The van der Waals surface area contributed by atoms with Gasteiger partial charge in [0.15, 0.2) is 0 Å². The first-order valence-corrected chi connectivity index (χ1v) is 9.21. The number of carbonyl (C=O) groups is 1. The van der Waals surface area contributed by atoms with Crippen LogP contribution < -0.4 is 0 Å². The number of hydrogen-bond donors (Lipinski definition) is 1. The molecule has 1 aromatic heterocycles. The van der Waals surface area contributed by atoms with E-state index in [0.29, 0.717) is 19.1 Å². The van der Waals surface area contributed by atoms with Crippen molar-refractivity contribution in [3.8, 4) is 11.5 Å².